The lowest BCUT2D eigenvalue weighted by Gasteiger charge is -2.12. The van der Waals surface area contributed by atoms with Crippen molar-refractivity contribution in [1.29, 1.82) is 0 Å². The molecule has 1 amide bonds. The fourth-order valence-corrected chi connectivity index (χ4v) is 3.28. The second kappa shape index (κ2) is 7.80. The molecule has 0 aliphatic carbocycles. The van der Waals surface area contributed by atoms with Crippen LogP contribution in [0.1, 0.15) is 6.92 Å². The van der Waals surface area contributed by atoms with E-state index in [0.717, 1.165) is 11.3 Å². The summed E-state index contributed by atoms with van der Waals surface area (Å²) in [7, 11) is 1.61. The van der Waals surface area contributed by atoms with Gasteiger partial charge in [0.05, 0.1) is 12.4 Å². The molecule has 6 nitrogen and oxygen atoms in total. The van der Waals surface area contributed by atoms with Crippen LogP contribution in [0.15, 0.2) is 53.7 Å². The molecule has 8 heteroatoms. The van der Waals surface area contributed by atoms with Gasteiger partial charge in [0, 0.05) is 16.3 Å². The molecule has 0 bridgehead atoms. The summed E-state index contributed by atoms with van der Waals surface area (Å²) in [6.45, 7) is 1.74. The van der Waals surface area contributed by atoms with Crippen LogP contribution < -0.4 is 10.5 Å². The van der Waals surface area contributed by atoms with Crippen LogP contribution in [0.4, 0.5) is 0 Å². The van der Waals surface area contributed by atoms with Crippen LogP contribution in [-0.2, 0) is 4.79 Å². The summed E-state index contributed by atoms with van der Waals surface area (Å²) in [4.78, 5) is 11.5. The third-order valence-corrected chi connectivity index (χ3v) is 5.04. The van der Waals surface area contributed by atoms with Crippen LogP contribution in [-0.4, -0.2) is 33.0 Å². The van der Waals surface area contributed by atoms with Crippen molar-refractivity contribution in [2.75, 3.05) is 7.11 Å². The summed E-state index contributed by atoms with van der Waals surface area (Å²) in [5.74, 6) is 0.932. The molecule has 0 saturated heterocycles. The number of hydrogen-bond acceptors (Lipinski definition) is 5. The number of primary amides is 1. The zero-order valence-electron chi connectivity index (χ0n) is 14.2. The molecule has 1 aromatic heterocycles. The molecular weight excluding hydrogens is 372 g/mol. The van der Waals surface area contributed by atoms with E-state index < -0.39 is 11.2 Å². The van der Waals surface area contributed by atoms with E-state index in [-0.39, 0.29) is 0 Å². The number of amides is 1. The molecule has 0 unspecified atom stereocenters. The molecule has 3 aromatic rings. The van der Waals surface area contributed by atoms with Crippen LogP contribution >= 0.6 is 23.4 Å². The predicted octanol–water partition coefficient (Wildman–Crippen LogP) is 3.56. The zero-order valence-corrected chi connectivity index (χ0v) is 15.8. The number of ether oxygens (including phenoxy) is 1. The van der Waals surface area contributed by atoms with Gasteiger partial charge in [-0.3, -0.25) is 9.36 Å². The van der Waals surface area contributed by atoms with Gasteiger partial charge in [0.15, 0.2) is 11.0 Å². The molecule has 0 aliphatic heterocycles. The number of benzene rings is 2. The Balaban J connectivity index is 2.13. The molecule has 3 rings (SSSR count). The minimum absolute atomic E-state index is 0.413. The lowest BCUT2D eigenvalue weighted by atomic mass is 10.2. The van der Waals surface area contributed by atoms with Gasteiger partial charge >= 0.3 is 0 Å². The molecule has 134 valence electrons. The van der Waals surface area contributed by atoms with Crippen molar-refractivity contribution in [2.45, 2.75) is 17.3 Å². The number of aromatic nitrogens is 3. The molecular formula is C18H17ClN4O2S. The van der Waals surface area contributed by atoms with Gasteiger partial charge in [-0.2, -0.15) is 0 Å². The Morgan fingerprint density at radius 3 is 2.62 bits per heavy atom. The summed E-state index contributed by atoms with van der Waals surface area (Å²) < 4.78 is 7.17. The van der Waals surface area contributed by atoms with Crippen LogP contribution in [0.3, 0.4) is 0 Å². The number of halogens is 1. The van der Waals surface area contributed by atoms with E-state index in [2.05, 4.69) is 10.2 Å². The number of rotatable bonds is 6. The zero-order chi connectivity index (χ0) is 18.7. The highest BCUT2D eigenvalue weighted by molar-refractivity contribution is 8.00. The number of hydrogen-bond donors (Lipinski definition) is 1. The summed E-state index contributed by atoms with van der Waals surface area (Å²) >= 11 is 7.27. The second-order valence-corrected chi connectivity index (χ2v) is 7.26. The van der Waals surface area contributed by atoms with Crippen molar-refractivity contribution in [3.05, 3.63) is 53.6 Å². The van der Waals surface area contributed by atoms with Crippen molar-refractivity contribution >= 4 is 29.3 Å². The number of methoxy groups -OCH3 is 1. The van der Waals surface area contributed by atoms with E-state index in [1.54, 1.807) is 26.2 Å². The molecule has 0 spiro atoms. The molecule has 1 heterocycles. The largest absolute Gasteiger partial charge is 0.497 e. The first-order valence-electron chi connectivity index (χ1n) is 7.81. The third-order valence-electron chi connectivity index (χ3n) is 3.73. The highest BCUT2D eigenvalue weighted by Crippen LogP contribution is 2.31. The lowest BCUT2D eigenvalue weighted by Crippen LogP contribution is -2.23. The van der Waals surface area contributed by atoms with E-state index in [1.165, 1.54) is 11.8 Å². The van der Waals surface area contributed by atoms with Gasteiger partial charge in [0.25, 0.3) is 0 Å². The van der Waals surface area contributed by atoms with Crippen LogP contribution in [0.5, 0.6) is 5.75 Å². The van der Waals surface area contributed by atoms with Crippen molar-refractivity contribution < 1.29 is 9.53 Å². The van der Waals surface area contributed by atoms with Gasteiger partial charge in [-0.15, -0.1) is 10.2 Å². The molecule has 26 heavy (non-hydrogen) atoms. The quantitative estimate of drug-likeness (QED) is 0.653. The Morgan fingerprint density at radius 2 is 1.96 bits per heavy atom. The number of nitrogens with zero attached hydrogens (tertiary/aromatic N) is 3. The Labute approximate surface area is 160 Å². The minimum Gasteiger partial charge on any atom is -0.497 e. The first kappa shape index (κ1) is 18.3. The molecule has 1 atom stereocenters. The fourth-order valence-electron chi connectivity index (χ4n) is 2.33. The SMILES string of the molecule is COc1cccc(-c2nnc(S[C@H](C)C(N)=O)n2-c2ccc(Cl)cc2)c1. The number of carbonyl (C=O) groups is 1. The molecule has 2 N–H and O–H groups in total. The molecule has 0 aliphatic rings. The minimum atomic E-state index is -0.441. The number of nitrogens with two attached hydrogens (primary N) is 1. The summed E-state index contributed by atoms with van der Waals surface area (Å²) in [6, 6.07) is 14.9. The summed E-state index contributed by atoms with van der Waals surface area (Å²) in [5, 5.41) is 9.34. The Kier molecular flexibility index (Phi) is 5.49. The predicted molar refractivity (Wildman–Crippen MR) is 103 cm³/mol. The van der Waals surface area contributed by atoms with Gasteiger partial charge in [0.2, 0.25) is 5.91 Å². The standard InChI is InChI=1S/C18H17ClN4O2S/c1-11(16(20)24)26-18-22-21-17(12-4-3-5-15(10-12)25-2)23(18)14-8-6-13(19)7-9-14/h3-11H,1-2H3,(H2,20,24)/t11-/m1/s1. The first-order chi connectivity index (χ1) is 12.5. The fraction of sp³-hybridized carbons (Fsp3) is 0.167. The first-order valence-corrected chi connectivity index (χ1v) is 9.07. The summed E-state index contributed by atoms with van der Waals surface area (Å²) in [6.07, 6.45) is 0. The number of thioether (sulfide) groups is 1. The van der Waals surface area contributed by atoms with Crippen LogP contribution in [0.2, 0.25) is 5.02 Å². The topological polar surface area (TPSA) is 83.0 Å². The lowest BCUT2D eigenvalue weighted by molar-refractivity contribution is -0.117. The van der Waals surface area contributed by atoms with E-state index in [9.17, 15) is 4.79 Å². The van der Waals surface area contributed by atoms with E-state index in [4.69, 9.17) is 22.1 Å². The van der Waals surface area contributed by atoms with Crippen molar-refractivity contribution in [1.82, 2.24) is 14.8 Å². The average Bonchev–Trinajstić information content (AvgIpc) is 3.06. The van der Waals surface area contributed by atoms with E-state index >= 15 is 0 Å². The smallest absolute Gasteiger partial charge is 0.230 e. The van der Waals surface area contributed by atoms with Crippen molar-refractivity contribution in [2.24, 2.45) is 5.73 Å². The molecule has 0 fully saturated rings. The average molecular weight is 389 g/mol. The molecule has 2 aromatic carbocycles. The second-order valence-electron chi connectivity index (χ2n) is 5.51. The van der Waals surface area contributed by atoms with Crippen LogP contribution in [0, 0.1) is 0 Å². The van der Waals surface area contributed by atoms with Gasteiger partial charge in [0.1, 0.15) is 5.75 Å². The van der Waals surface area contributed by atoms with Crippen LogP contribution in [0.25, 0.3) is 17.1 Å². The normalized spacial score (nSPS) is 12.0. The Morgan fingerprint density at radius 1 is 1.23 bits per heavy atom. The number of carbonyl (C=O) groups excluding carboxylic acids is 1. The molecule has 0 saturated carbocycles. The highest BCUT2D eigenvalue weighted by atomic mass is 35.5. The highest BCUT2D eigenvalue weighted by Gasteiger charge is 2.20. The van der Waals surface area contributed by atoms with Crippen molar-refractivity contribution in [3.8, 4) is 22.8 Å². The monoisotopic (exact) mass is 388 g/mol. The van der Waals surface area contributed by atoms with Gasteiger partial charge < -0.3 is 10.5 Å². The van der Waals surface area contributed by atoms with Gasteiger partial charge in [-0.1, -0.05) is 35.5 Å². The molecule has 0 radical (unpaired) electrons. The van der Waals surface area contributed by atoms with E-state index in [0.29, 0.717) is 21.8 Å². The van der Waals surface area contributed by atoms with Gasteiger partial charge in [-0.05, 0) is 43.3 Å². The Bertz CT molecular complexity index is 927. The maximum Gasteiger partial charge on any atom is 0.230 e. The van der Waals surface area contributed by atoms with Crippen molar-refractivity contribution in [3.63, 3.8) is 0 Å². The maximum absolute atomic E-state index is 11.5. The third kappa shape index (κ3) is 3.84. The van der Waals surface area contributed by atoms with E-state index in [1.807, 2.05) is 41.0 Å². The summed E-state index contributed by atoms with van der Waals surface area (Å²) in [5.41, 5.74) is 7.07. The maximum atomic E-state index is 11.5. The Hall–Kier alpha value is -2.51. The van der Waals surface area contributed by atoms with Gasteiger partial charge in [-0.25, -0.2) is 0 Å².